The topological polar surface area (TPSA) is 12.0 Å². The van der Waals surface area contributed by atoms with E-state index in [1.807, 2.05) is 0 Å². The van der Waals surface area contributed by atoms with Crippen molar-refractivity contribution in [3.63, 3.8) is 0 Å². The van der Waals surface area contributed by atoms with Crippen LogP contribution in [0.3, 0.4) is 0 Å². The van der Waals surface area contributed by atoms with Crippen LogP contribution in [-0.4, -0.2) is 4.99 Å². The van der Waals surface area contributed by atoms with Crippen LogP contribution in [0.15, 0.2) is 48.5 Å². The zero-order valence-electron chi connectivity index (χ0n) is 13.1. The van der Waals surface area contributed by atoms with E-state index in [1.165, 1.54) is 43.2 Å². The summed E-state index contributed by atoms with van der Waals surface area (Å²) in [5.41, 5.74) is 4.87. The molecule has 0 aromatic heterocycles. The number of benzene rings is 2. The van der Waals surface area contributed by atoms with Gasteiger partial charge in [0, 0.05) is 11.3 Å². The molecule has 1 saturated carbocycles. The van der Waals surface area contributed by atoms with Gasteiger partial charge in [-0.3, -0.25) is 0 Å². The highest BCUT2D eigenvalue weighted by atomic mass is 32.1. The van der Waals surface area contributed by atoms with Gasteiger partial charge in [0.05, 0.1) is 0 Å². The molecule has 1 fully saturated rings. The number of anilines is 1. The van der Waals surface area contributed by atoms with Crippen molar-refractivity contribution in [1.29, 1.82) is 0 Å². The lowest BCUT2D eigenvalue weighted by Gasteiger charge is -2.22. The molecular formula is C20H23NS. The lowest BCUT2D eigenvalue weighted by molar-refractivity contribution is 0.443. The molecule has 1 nitrogen and oxygen atoms in total. The summed E-state index contributed by atoms with van der Waals surface area (Å²) in [7, 11) is 0. The molecule has 2 aromatic rings. The van der Waals surface area contributed by atoms with Crippen molar-refractivity contribution in [3.05, 3.63) is 65.2 Å². The van der Waals surface area contributed by atoms with Crippen LogP contribution < -0.4 is 5.32 Å². The Bertz CT molecular complexity index is 622. The van der Waals surface area contributed by atoms with E-state index in [0.29, 0.717) is 0 Å². The Morgan fingerprint density at radius 1 is 0.909 bits per heavy atom. The third kappa shape index (κ3) is 3.75. The zero-order chi connectivity index (χ0) is 15.4. The van der Waals surface area contributed by atoms with Gasteiger partial charge in [-0.1, -0.05) is 73.4 Å². The summed E-state index contributed by atoms with van der Waals surface area (Å²) in [6.07, 6.45) is 6.84. The van der Waals surface area contributed by atoms with Gasteiger partial charge in [0.2, 0.25) is 0 Å². The van der Waals surface area contributed by atoms with Gasteiger partial charge in [0.25, 0.3) is 0 Å². The molecule has 1 aliphatic rings. The van der Waals surface area contributed by atoms with Crippen LogP contribution in [0.1, 0.15) is 54.7 Å². The van der Waals surface area contributed by atoms with Crippen molar-refractivity contribution < 1.29 is 0 Å². The van der Waals surface area contributed by atoms with Crippen LogP contribution in [0.4, 0.5) is 5.69 Å². The first-order valence-corrected chi connectivity index (χ1v) is 8.61. The molecule has 0 bridgehead atoms. The summed E-state index contributed by atoms with van der Waals surface area (Å²) in [4.78, 5) is 0.783. The monoisotopic (exact) mass is 309 g/mol. The fraction of sp³-hybridized carbons (Fsp3) is 0.350. The predicted molar refractivity (Wildman–Crippen MR) is 98.8 cm³/mol. The standard InChI is InChI=1S/C20H23NS/c1-15-7-9-18(10-8-15)20(22)21-19-13-11-17(12-14-19)16-5-3-2-4-6-16/h7-14,16H,2-6H2,1H3,(H,21,22). The largest absolute Gasteiger partial charge is 0.346 e. The SMILES string of the molecule is Cc1ccc(C(=S)Nc2ccc(C3CCCCC3)cc2)cc1. The van der Waals surface area contributed by atoms with Gasteiger partial charge < -0.3 is 5.32 Å². The highest BCUT2D eigenvalue weighted by Gasteiger charge is 2.15. The van der Waals surface area contributed by atoms with Crippen molar-refractivity contribution >= 4 is 22.9 Å². The molecule has 0 aliphatic heterocycles. The van der Waals surface area contributed by atoms with E-state index < -0.39 is 0 Å². The number of rotatable bonds is 3. The van der Waals surface area contributed by atoms with Crippen molar-refractivity contribution in [2.75, 3.05) is 5.32 Å². The van der Waals surface area contributed by atoms with Gasteiger partial charge in [-0.05, 0) is 43.4 Å². The molecule has 2 aromatic carbocycles. The molecule has 0 spiro atoms. The van der Waals surface area contributed by atoms with Crippen molar-refractivity contribution in [1.82, 2.24) is 0 Å². The molecule has 114 valence electrons. The van der Waals surface area contributed by atoms with Crippen LogP contribution in [0.25, 0.3) is 0 Å². The van der Waals surface area contributed by atoms with Gasteiger partial charge in [0.15, 0.2) is 0 Å². The minimum absolute atomic E-state index is 0.756. The van der Waals surface area contributed by atoms with E-state index in [0.717, 1.165) is 22.2 Å². The normalized spacial score (nSPS) is 15.5. The Hall–Kier alpha value is -1.67. The van der Waals surface area contributed by atoms with Crippen LogP contribution in [-0.2, 0) is 0 Å². The smallest absolute Gasteiger partial charge is 0.110 e. The molecule has 0 atom stereocenters. The second-order valence-corrected chi connectivity index (χ2v) is 6.69. The quantitative estimate of drug-likeness (QED) is 0.716. The number of thiocarbonyl (C=S) groups is 1. The first kappa shape index (κ1) is 15.2. The van der Waals surface area contributed by atoms with Crippen LogP contribution >= 0.6 is 12.2 Å². The average molecular weight is 309 g/mol. The van der Waals surface area contributed by atoms with Gasteiger partial charge >= 0.3 is 0 Å². The van der Waals surface area contributed by atoms with Gasteiger partial charge in [0.1, 0.15) is 4.99 Å². The zero-order valence-corrected chi connectivity index (χ0v) is 14.0. The average Bonchev–Trinajstić information content (AvgIpc) is 2.57. The van der Waals surface area contributed by atoms with Crippen molar-refractivity contribution in [2.45, 2.75) is 44.9 Å². The summed E-state index contributed by atoms with van der Waals surface area (Å²) < 4.78 is 0. The lowest BCUT2D eigenvalue weighted by atomic mass is 9.84. The second kappa shape index (κ2) is 7.06. The molecule has 0 heterocycles. The Balaban J connectivity index is 1.65. The Morgan fingerprint density at radius 3 is 2.18 bits per heavy atom. The maximum absolute atomic E-state index is 5.49. The number of aryl methyl sites for hydroxylation is 1. The first-order valence-electron chi connectivity index (χ1n) is 8.20. The van der Waals surface area contributed by atoms with E-state index in [2.05, 4.69) is 60.8 Å². The highest BCUT2D eigenvalue weighted by Crippen LogP contribution is 2.33. The minimum atomic E-state index is 0.756. The van der Waals surface area contributed by atoms with Crippen LogP contribution in [0.2, 0.25) is 0 Å². The van der Waals surface area contributed by atoms with E-state index in [4.69, 9.17) is 12.2 Å². The van der Waals surface area contributed by atoms with Crippen LogP contribution in [0.5, 0.6) is 0 Å². The molecule has 1 N–H and O–H groups in total. The van der Waals surface area contributed by atoms with Gasteiger partial charge in [-0.2, -0.15) is 0 Å². The minimum Gasteiger partial charge on any atom is -0.346 e. The summed E-state index contributed by atoms with van der Waals surface area (Å²) in [6, 6.07) is 17.2. The molecule has 2 heteroatoms. The fourth-order valence-electron chi connectivity index (χ4n) is 3.18. The molecule has 0 radical (unpaired) electrons. The molecule has 3 rings (SSSR count). The number of hydrogen-bond acceptors (Lipinski definition) is 1. The second-order valence-electron chi connectivity index (χ2n) is 6.28. The lowest BCUT2D eigenvalue weighted by Crippen LogP contribution is -2.10. The molecular weight excluding hydrogens is 286 g/mol. The number of nitrogens with one attached hydrogen (secondary N) is 1. The first-order chi connectivity index (χ1) is 10.7. The van der Waals surface area contributed by atoms with Crippen molar-refractivity contribution in [2.24, 2.45) is 0 Å². The van der Waals surface area contributed by atoms with E-state index >= 15 is 0 Å². The van der Waals surface area contributed by atoms with Crippen LogP contribution in [0, 0.1) is 6.92 Å². The molecule has 0 unspecified atom stereocenters. The van der Waals surface area contributed by atoms with E-state index in [-0.39, 0.29) is 0 Å². The molecule has 1 aliphatic carbocycles. The summed E-state index contributed by atoms with van der Waals surface area (Å²) >= 11 is 5.49. The third-order valence-electron chi connectivity index (χ3n) is 4.56. The fourth-order valence-corrected chi connectivity index (χ4v) is 3.44. The highest BCUT2D eigenvalue weighted by molar-refractivity contribution is 7.81. The van der Waals surface area contributed by atoms with E-state index in [9.17, 15) is 0 Å². The number of hydrogen-bond donors (Lipinski definition) is 1. The summed E-state index contributed by atoms with van der Waals surface area (Å²) in [6.45, 7) is 2.09. The van der Waals surface area contributed by atoms with Gasteiger partial charge in [-0.25, -0.2) is 0 Å². The Morgan fingerprint density at radius 2 is 1.55 bits per heavy atom. The predicted octanol–water partition coefficient (Wildman–Crippen LogP) is 5.83. The molecule has 22 heavy (non-hydrogen) atoms. The maximum Gasteiger partial charge on any atom is 0.110 e. The molecule has 0 saturated heterocycles. The maximum atomic E-state index is 5.49. The Kier molecular flexibility index (Phi) is 4.89. The Labute approximate surface area is 138 Å². The molecule has 0 amide bonds. The summed E-state index contributed by atoms with van der Waals surface area (Å²) in [5, 5.41) is 3.34. The summed E-state index contributed by atoms with van der Waals surface area (Å²) in [5.74, 6) is 0.756. The van der Waals surface area contributed by atoms with Gasteiger partial charge in [-0.15, -0.1) is 0 Å². The van der Waals surface area contributed by atoms with E-state index in [1.54, 1.807) is 0 Å². The van der Waals surface area contributed by atoms with Crippen molar-refractivity contribution in [3.8, 4) is 0 Å². The third-order valence-corrected chi connectivity index (χ3v) is 4.90.